The first kappa shape index (κ1) is 22.8. The molecule has 2 aromatic carbocycles. The van der Waals surface area contributed by atoms with Crippen LogP contribution in [0.3, 0.4) is 0 Å². The summed E-state index contributed by atoms with van der Waals surface area (Å²) in [7, 11) is -4.00. The second-order valence-electron chi connectivity index (χ2n) is 10.7. The molecule has 2 bridgehead atoms. The van der Waals surface area contributed by atoms with Gasteiger partial charge >= 0.3 is 6.09 Å². The standard InChI is InChI=1S/C28H27N3O4S/c1-26(2,3)35-25(32)31-27(4)21-17-29-16-15-20(21)28(31,5)24-23(27)19-13-9-10-14-22(19)30(24)36(33,34)18-11-7-6-8-12-18/h6-17H,1-5H3. The highest BCUT2D eigenvalue weighted by molar-refractivity contribution is 7.90. The number of benzene rings is 2. The molecular weight excluding hydrogens is 474 g/mol. The first-order valence-electron chi connectivity index (χ1n) is 11.9. The molecule has 36 heavy (non-hydrogen) atoms. The highest BCUT2D eigenvalue weighted by Crippen LogP contribution is 2.65. The molecule has 2 atom stereocenters. The molecule has 4 aromatic rings. The lowest BCUT2D eigenvalue weighted by Crippen LogP contribution is -2.49. The van der Waals surface area contributed by atoms with Crippen molar-refractivity contribution in [3.8, 4) is 0 Å². The Hall–Kier alpha value is -3.65. The number of carbonyl (C=O) groups excluding carboxylic acids is 1. The predicted molar refractivity (Wildman–Crippen MR) is 136 cm³/mol. The van der Waals surface area contributed by atoms with Crippen molar-refractivity contribution in [3.63, 3.8) is 0 Å². The number of carbonyl (C=O) groups is 1. The van der Waals surface area contributed by atoms with Gasteiger partial charge in [-0.3, -0.25) is 9.88 Å². The number of aromatic nitrogens is 2. The van der Waals surface area contributed by atoms with Gasteiger partial charge in [0, 0.05) is 28.9 Å². The third-order valence-corrected chi connectivity index (χ3v) is 9.13. The van der Waals surface area contributed by atoms with E-state index >= 15 is 0 Å². The number of rotatable bonds is 2. The molecule has 0 radical (unpaired) electrons. The third kappa shape index (κ3) is 2.65. The van der Waals surface area contributed by atoms with Gasteiger partial charge in [0.05, 0.1) is 21.6 Å². The van der Waals surface area contributed by atoms with E-state index in [2.05, 4.69) is 4.98 Å². The lowest BCUT2D eigenvalue weighted by molar-refractivity contribution is -0.00518. The van der Waals surface area contributed by atoms with Gasteiger partial charge in [-0.2, -0.15) is 0 Å². The minimum Gasteiger partial charge on any atom is -0.444 e. The van der Waals surface area contributed by atoms with Gasteiger partial charge in [-0.15, -0.1) is 0 Å². The molecule has 2 aliphatic rings. The Balaban J connectivity index is 1.75. The molecule has 0 fully saturated rings. The first-order chi connectivity index (χ1) is 16.9. The molecule has 0 spiro atoms. The van der Waals surface area contributed by atoms with Crippen LogP contribution in [0.5, 0.6) is 0 Å². The molecule has 1 amide bonds. The SMILES string of the molecule is CC(C)(C)OC(=O)N1C2(C)c3cnccc3C1(C)c1c2c2ccccc2n1S(=O)(=O)c1ccccc1. The van der Waals surface area contributed by atoms with Crippen LogP contribution >= 0.6 is 0 Å². The Kier molecular flexibility index (Phi) is 4.41. The topological polar surface area (TPSA) is 81.5 Å². The second kappa shape index (κ2) is 6.97. The van der Waals surface area contributed by atoms with E-state index < -0.39 is 32.8 Å². The van der Waals surface area contributed by atoms with Crippen molar-refractivity contribution < 1.29 is 17.9 Å². The van der Waals surface area contributed by atoms with Crippen LogP contribution in [-0.4, -0.2) is 34.0 Å². The van der Waals surface area contributed by atoms with Gasteiger partial charge < -0.3 is 4.74 Å². The van der Waals surface area contributed by atoms with Crippen LogP contribution in [-0.2, 0) is 25.8 Å². The van der Waals surface area contributed by atoms with Gasteiger partial charge in [-0.05, 0) is 64.4 Å². The first-order valence-corrected chi connectivity index (χ1v) is 13.3. The number of pyridine rings is 1. The predicted octanol–water partition coefficient (Wildman–Crippen LogP) is 5.36. The Labute approximate surface area is 210 Å². The van der Waals surface area contributed by atoms with Crippen molar-refractivity contribution in [1.29, 1.82) is 0 Å². The van der Waals surface area contributed by atoms with Gasteiger partial charge in [0.2, 0.25) is 0 Å². The zero-order chi connectivity index (χ0) is 25.7. The summed E-state index contributed by atoms with van der Waals surface area (Å²) in [6, 6.07) is 17.7. The van der Waals surface area contributed by atoms with E-state index in [0.29, 0.717) is 11.2 Å². The summed E-state index contributed by atoms with van der Waals surface area (Å²) >= 11 is 0. The van der Waals surface area contributed by atoms with E-state index in [4.69, 9.17) is 4.74 Å². The van der Waals surface area contributed by atoms with E-state index in [1.165, 1.54) is 3.97 Å². The largest absolute Gasteiger partial charge is 0.444 e. The quantitative estimate of drug-likeness (QED) is 0.369. The van der Waals surface area contributed by atoms with Crippen LogP contribution in [0.15, 0.2) is 78.0 Å². The van der Waals surface area contributed by atoms with E-state index in [0.717, 1.165) is 22.1 Å². The normalized spacial score (nSPS) is 22.5. The van der Waals surface area contributed by atoms with Crippen LogP contribution in [0, 0.1) is 0 Å². The molecule has 7 nitrogen and oxygen atoms in total. The molecule has 8 heteroatoms. The van der Waals surface area contributed by atoms with E-state index in [9.17, 15) is 13.2 Å². The number of amides is 1. The molecule has 0 aliphatic carbocycles. The van der Waals surface area contributed by atoms with Crippen LogP contribution in [0.25, 0.3) is 10.9 Å². The summed E-state index contributed by atoms with van der Waals surface area (Å²) < 4.78 is 35.8. The molecule has 2 aliphatic heterocycles. The Morgan fingerprint density at radius 2 is 1.58 bits per heavy atom. The summed E-state index contributed by atoms with van der Waals surface area (Å²) in [5, 5.41) is 0.779. The molecular formula is C28H27N3O4S. The number of fused-ring (bicyclic) bond motifs is 10. The summed E-state index contributed by atoms with van der Waals surface area (Å²) in [5.74, 6) is 0. The highest BCUT2D eigenvalue weighted by Gasteiger charge is 2.68. The number of ether oxygens (including phenoxy) is 1. The molecule has 0 saturated carbocycles. The van der Waals surface area contributed by atoms with Crippen LogP contribution < -0.4 is 0 Å². The van der Waals surface area contributed by atoms with Crippen molar-refractivity contribution in [2.75, 3.05) is 0 Å². The lowest BCUT2D eigenvalue weighted by Gasteiger charge is -2.38. The van der Waals surface area contributed by atoms with Gasteiger partial charge in [0.1, 0.15) is 11.1 Å². The maximum atomic E-state index is 14.2. The fourth-order valence-electron chi connectivity index (χ4n) is 6.14. The fraction of sp³-hybridized carbons (Fsp3) is 0.286. The monoisotopic (exact) mass is 501 g/mol. The number of hydrogen-bond donors (Lipinski definition) is 0. The molecule has 2 aromatic heterocycles. The average Bonchev–Trinajstić information content (AvgIpc) is 3.37. The zero-order valence-corrected chi connectivity index (χ0v) is 21.6. The molecule has 184 valence electrons. The van der Waals surface area contributed by atoms with Crippen molar-refractivity contribution in [1.82, 2.24) is 13.9 Å². The van der Waals surface area contributed by atoms with Crippen LogP contribution in [0.4, 0.5) is 4.79 Å². The third-order valence-electron chi connectivity index (χ3n) is 7.40. The van der Waals surface area contributed by atoms with Gasteiger partial charge in [-0.1, -0.05) is 36.4 Å². The Morgan fingerprint density at radius 3 is 2.28 bits per heavy atom. The molecule has 4 heterocycles. The molecule has 0 N–H and O–H groups in total. The van der Waals surface area contributed by atoms with E-state index in [-0.39, 0.29) is 4.90 Å². The lowest BCUT2D eigenvalue weighted by atomic mass is 9.77. The van der Waals surface area contributed by atoms with Crippen molar-refractivity contribution in [2.45, 2.75) is 56.2 Å². The number of para-hydroxylation sites is 1. The smallest absolute Gasteiger partial charge is 0.412 e. The average molecular weight is 502 g/mol. The van der Waals surface area contributed by atoms with Crippen molar-refractivity contribution in [2.24, 2.45) is 0 Å². The maximum absolute atomic E-state index is 14.2. The summed E-state index contributed by atoms with van der Waals surface area (Å²) in [6.07, 6.45) is 2.95. The molecule has 6 rings (SSSR count). The van der Waals surface area contributed by atoms with Gasteiger partial charge in [-0.25, -0.2) is 17.2 Å². The Bertz CT molecular complexity index is 1670. The molecule has 0 saturated heterocycles. The van der Waals surface area contributed by atoms with Gasteiger partial charge in [0.15, 0.2) is 0 Å². The van der Waals surface area contributed by atoms with E-state index in [1.54, 1.807) is 47.6 Å². The van der Waals surface area contributed by atoms with Crippen molar-refractivity contribution in [3.05, 3.63) is 95.4 Å². The summed E-state index contributed by atoms with van der Waals surface area (Å²) in [5.41, 5.74) is 0.809. The van der Waals surface area contributed by atoms with E-state index in [1.807, 2.05) is 65.0 Å². The van der Waals surface area contributed by atoms with Gasteiger partial charge in [0.25, 0.3) is 10.0 Å². The summed E-state index contributed by atoms with van der Waals surface area (Å²) in [4.78, 5) is 20.1. The Morgan fingerprint density at radius 1 is 0.917 bits per heavy atom. The van der Waals surface area contributed by atoms with Crippen LogP contribution in [0.2, 0.25) is 0 Å². The maximum Gasteiger partial charge on any atom is 0.412 e. The number of hydrogen-bond acceptors (Lipinski definition) is 5. The van der Waals surface area contributed by atoms with Crippen molar-refractivity contribution >= 4 is 27.0 Å². The fourth-order valence-corrected chi connectivity index (χ4v) is 7.78. The summed E-state index contributed by atoms with van der Waals surface area (Å²) in [6.45, 7) is 9.34. The minimum atomic E-state index is -4.00. The minimum absolute atomic E-state index is 0.184. The highest BCUT2D eigenvalue weighted by atomic mass is 32.2. The molecule has 2 unspecified atom stereocenters. The number of nitrogens with zero attached hydrogens (tertiary/aromatic N) is 3. The zero-order valence-electron chi connectivity index (χ0n) is 20.8. The van der Waals surface area contributed by atoms with Crippen LogP contribution in [0.1, 0.15) is 57.0 Å². The second-order valence-corrected chi connectivity index (χ2v) is 12.5.